The predicted molar refractivity (Wildman–Crippen MR) is 82.2 cm³/mol. The summed E-state index contributed by atoms with van der Waals surface area (Å²) in [6.07, 6.45) is 0. The lowest BCUT2D eigenvalue weighted by atomic mass is 10.0. The van der Waals surface area contributed by atoms with Crippen LogP contribution in [-0.2, 0) is 6.54 Å². The van der Waals surface area contributed by atoms with Gasteiger partial charge in [-0.2, -0.15) is 0 Å². The van der Waals surface area contributed by atoms with Gasteiger partial charge in [0.1, 0.15) is 12.1 Å². The number of hydrogen-bond donors (Lipinski definition) is 1. The molecule has 3 nitrogen and oxygen atoms in total. The third-order valence-corrected chi connectivity index (χ3v) is 4.28. The van der Waals surface area contributed by atoms with Crippen molar-refractivity contribution in [1.82, 2.24) is 0 Å². The van der Waals surface area contributed by atoms with Crippen molar-refractivity contribution in [2.75, 3.05) is 0 Å². The number of fused-ring (bicyclic) bond motifs is 1. The summed E-state index contributed by atoms with van der Waals surface area (Å²) in [7, 11) is 0. The fraction of sp³-hybridized carbons (Fsp3) is 0.438. The molecule has 0 bridgehead atoms. The molecule has 0 spiro atoms. The van der Waals surface area contributed by atoms with E-state index in [1.807, 2.05) is 19.1 Å². The molecule has 0 aliphatic heterocycles. The highest BCUT2D eigenvalue weighted by atomic mass is 35.5. The summed E-state index contributed by atoms with van der Waals surface area (Å²) < 4.78 is 5.26. The van der Waals surface area contributed by atoms with E-state index in [9.17, 15) is 4.79 Å². The van der Waals surface area contributed by atoms with Crippen LogP contribution in [0.1, 0.15) is 31.9 Å². The molecule has 108 valence electrons. The predicted octanol–water partition coefficient (Wildman–Crippen LogP) is 2.86. The van der Waals surface area contributed by atoms with E-state index in [1.54, 1.807) is 6.07 Å². The largest absolute Gasteiger partial charge is 0.423 e. The molecular formula is C16H21ClNO2+. The van der Waals surface area contributed by atoms with E-state index in [1.165, 1.54) is 0 Å². The van der Waals surface area contributed by atoms with Crippen LogP contribution >= 0.6 is 11.6 Å². The molecule has 1 aromatic heterocycles. The molecule has 2 rings (SSSR count). The van der Waals surface area contributed by atoms with Crippen LogP contribution in [0, 0.1) is 12.8 Å². The molecule has 0 radical (unpaired) electrons. The monoisotopic (exact) mass is 294 g/mol. The minimum atomic E-state index is -0.306. The maximum Gasteiger partial charge on any atom is 0.336 e. The first-order chi connectivity index (χ1) is 9.38. The first-order valence-electron chi connectivity index (χ1n) is 6.94. The minimum Gasteiger partial charge on any atom is -0.423 e. The Bertz CT molecular complexity index is 676. The van der Waals surface area contributed by atoms with E-state index in [-0.39, 0.29) is 5.63 Å². The van der Waals surface area contributed by atoms with E-state index >= 15 is 0 Å². The Morgan fingerprint density at radius 3 is 2.60 bits per heavy atom. The molecule has 0 unspecified atom stereocenters. The van der Waals surface area contributed by atoms with Crippen LogP contribution in [0.3, 0.4) is 0 Å². The van der Waals surface area contributed by atoms with Crippen molar-refractivity contribution >= 4 is 22.6 Å². The molecule has 1 aromatic carbocycles. The number of nitrogens with two attached hydrogens (primary N) is 1. The van der Waals surface area contributed by atoms with Gasteiger partial charge in [0.2, 0.25) is 0 Å². The topological polar surface area (TPSA) is 46.8 Å². The van der Waals surface area contributed by atoms with E-state index in [2.05, 4.69) is 26.1 Å². The second kappa shape index (κ2) is 5.98. The molecule has 0 aliphatic carbocycles. The lowest BCUT2D eigenvalue weighted by Gasteiger charge is -2.14. The van der Waals surface area contributed by atoms with Gasteiger partial charge >= 0.3 is 5.63 Å². The molecule has 0 amide bonds. The summed E-state index contributed by atoms with van der Waals surface area (Å²) >= 11 is 6.18. The summed E-state index contributed by atoms with van der Waals surface area (Å²) in [5, 5.41) is 3.86. The van der Waals surface area contributed by atoms with Crippen molar-refractivity contribution in [3.05, 3.63) is 44.8 Å². The zero-order chi connectivity index (χ0) is 14.9. The van der Waals surface area contributed by atoms with Crippen LogP contribution in [0.2, 0.25) is 5.02 Å². The second-order valence-electron chi connectivity index (χ2n) is 5.73. The van der Waals surface area contributed by atoms with Crippen molar-refractivity contribution in [2.45, 2.75) is 40.3 Å². The lowest BCUT2D eigenvalue weighted by molar-refractivity contribution is -0.706. The number of quaternary nitrogens is 1. The molecule has 4 heteroatoms. The third kappa shape index (κ3) is 3.22. The van der Waals surface area contributed by atoms with Crippen molar-refractivity contribution in [3.63, 3.8) is 0 Å². The summed E-state index contributed by atoms with van der Waals surface area (Å²) in [5.41, 5.74) is 2.20. The van der Waals surface area contributed by atoms with Gasteiger partial charge < -0.3 is 9.73 Å². The molecule has 0 fully saturated rings. The van der Waals surface area contributed by atoms with Crippen molar-refractivity contribution in [2.24, 2.45) is 5.92 Å². The van der Waals surface area contributed by atoms with Crippen LogP contribution in [0.25, 0.3) is 11.0 Å². The van der Waals surface area contributed by atoms with Gasteiger partial charge in [0.15, 0.2) is 0 Å². The third-order valence-electron chi connectivity index (χ3n) is 3.87. The fourth-order valence-corrected chi connectivity index (χ4v) is 2.27. The second-order valence-corrected chi connectivity index (χ2v) is 6.14. The Morgan fingerprint density at radius 1 is 1.25 bits per heavy atom. The van der Waals surface area contributed by atoms with Gasteiger partial charge in [-0.3, -0.25) is 0 Å². The highest BCUT2D eigenvalue weighted by Gasteiger charge is 2.13. The number of benzene rings is 1. The summed E-state index contributed by atoms with van der Waals surface area (Å²) in [5.74, 6) is 0.590. The van der Waals surface area contributed by atoms with Crippen LogP contribution in [0.15, 0.2) is 27.4 Å². The normalized spacial score (nSPS) is 13.1. The molecule has 2 N–H and O–H groups in total. The average Bonchev–Trinajstić information content (AvgIpc) is 2.37. The van der Waals surface area contributed by atoms with Gasteiger partial charge in [-0.15, -0.1) is 0 Å². The van der Waals surface area contributed by atoms with E-state index in [0.29, 0.717) is 22.6 Å². The number of rotatable bonds is 4. The highest BCUT2D eigenvalue weighted by molar-refractivity contribution is 6.32. The zero-order valence-corrected chi connectivity index (χ0v) is 13.1. The Labute approximate surface area is 123 Å². The van der Waals surface area contributed by atoms with Crippen LogP contribution in [0.5, 0.6) is 0 Å². The van der Waals surface area contributed by atoms with E-state index < -0.39 is 0 Å². The Kier molecular flexibility index (Phi) is 4.51. The first-order valence-corrected chi connectivity index (χ1v) is 7.32. The highest BCUT2D eigenvalue weighted by Crippen LogP contribution is 2.24. The standard InChI is InChI=1S/C16H20ClNO2/c1-9(2)11(4)18-8-12-6-16(19)20-15-5-10(3)14(17)7-13(12)15/h5-7,9,11,18H,8H2,1-4H3/p+1/t11-/m1/s1. The average molecular weight is 295 g/mol. The Hall–Kier alpha value is -1.32. The van der Waals surface area contributed by atoms with Gasteiger partial charge in [0, 0.05) is 28.0 Å². The van der Waals surface area contributed by atoms with Crippen molar-refractivity contribution in [1.29, 1.82) is 0 Å². The van der Waals surface area contributed by atoms with Gasteiger partial charge in [-0.25, -0.2) is 4.79 Å². The molecule has 2 aromatic rings. The number of hydrogen-bond acceptors (Lipinski definition) is 2. The van der Waals surface area contributed by atoms with Crippen LogP contribution < -0.4 is 10.9 Å². The van der Waals surface area contributed by atoms with Gasteiger partial charge in [-0.1, -0.05) is 25.4 Å². The molecule has 0 saturated carbocycles. The Morgan fingerprint density at radius 2 is 1.95 bits per heavy atom. The minimum absolute atomic E-state index is 0.306. The van der Waals surface area contributed by atoms with Gasteiger partial charge in [0.05, 0.1) is 6.04 Å². The molecule has 0 saturated heterocycles. The maximum absolute atomic E-state index is 11.7. The Balaban J connectivity index is 2.42. The molecule has 1 heterocycles. The van der Waals surface area contributed by atoms with Gasteiger partial charge in [-0.05, 0) is 31.5 Å². The maximum atomic E-state index is 11.7. The van der Waals surface area contributed by atoms with Gasteiger partial charge in [0.25, 0.3) is 0 Å². The summed E-state index contributed by atoms with van der Waals surface area (Å²) in [4.78, 5) is 11.7. The van der Waals surface area contributed by atoms with E-state index in [4.69, 9.17) is 16.0 Å². The summed E-state index contributed by atoms with van der Waals surface area (Å²) in [6.45, 7) is 9.23. The summed E-state index contributed by atoms with van der Waals surface area (Å²) in [6, 6.07) is 5.78. The zero-order valence-electron chi connectivity index (χ0n) is 12.4. The van der Waals surface area contributed by atoms with E-state index in [0.717, 1.165) is 23.1 Å². The quantitative estimate of drug-likeness (QED) is 0.882. The fourth-order valence-electron chi connectivity index (χ4n) is 2.10. The van der Waals surface area contributed by atoms with Crippen molar-refractivity contribution < 1.29 is 9.73 Å². The molecule has 0 aliphatic rings. The number of aryl methyl sites for hydroxylation is 1. The van der Waals surface area contributed by atoms with Crippen LogP contribution in [-0.4, -0.2) is 6.04 Å². The molecule has 20 heavy (non-hydrogen) atoms. The molecular weight excluding hydrogens is 274 g/mol. The smallest absolute Gasteiger partial charge is 0.336 e. The molecule has 1 atom stereocenters. The first kappa shape index (κ1) is 15.1. The lowest BCUT2D eigenvalue weighted by Crippen LogP contribution is -2.89. The number of halogens is 1. The van der Waals surface area contributed by atoms with Crippen molar-refractivity contribution in [3.8, 4) is 0 Å². The van der Waals surface area contributed by atoms with Crippen LogP contribution in [0.4, 0.5) is 0 Å². The SMILES string of the molecule is Cc1cc2oc(=O)cc(C[NH2+][C@H](C)C(C)C)c2cc1Cl.